The lowest BCUT2D eigenvalue weighted by Gasteiger charge is -2.22. The molecule has 1 saturated heterocycles. The van der Waals surface area contributed by atoms with Crippen molar-refractivity contribution in [2.24, 2.45) is 0 Å². The van der Waals surface area contributed by atoms with E-state index in [4.69, 9.17) is 0 Å². The number of halogens is 3. The molecular weight excluding hydrogens is 409 g/mol. The van der Waals surface area contributed by atoms with Gasteiger partial charge in [-0.1, -0.05) is 0 Å². The summed E-state index contributed by atoms with van der Waals surface area (Å²) in [5, 5.41) is 6.86. The summed E-state index contributed by atoms with van der Waals surface area (Å²) < 4.78 is 43.9. The van der Waals surface area contributed by atoms with Crippen molar-refractivity contribution in [3.8, 4) is 11.3 Å². The number of alkyl halides is 1. The van der Waals surface area contributed by atoms with Crippen LogP contribution >= 0.6 is 0 Å². The Morgan fingerprint density at radius 1 is 1.26 bits per heavy atom. The molecule has 4 rings (SSSR count). The van der Waals surface area contributed by atoms with Crippen molar-refractivity contribution in [2.75, 3.05) is 23.3 Å². The molecule has 7 nitrogen and oxygen atoms in total. The van der Waals surface area contributed by atoms with Gasteiger partial charge in [0.25, 0.3) is 5.91 Å². The summed E-state index contributed by atoms with van der Waals surface area (Å²) >= 11 is 0. The molecule has 1 amide bonds. The second-order valence-electron chi connectivity index (χ2n) is 7.63. The highest BCUT2D eigenvalue weighted by Gasteiger charge is 2.28. The van der Waals surface area contributed by atoms with Gasteiger partial charge in [-0.05, 0) is 38.5 Å². The number of anilines is 2. The van der Waals surface area contributed by atoms with Crippen LogP contribution in [0.1, 0.15) is 36.7 Å². The van der Waals surface area contributed by atoms with E-state index in [1.54, 1.807) is 15.8 Å². The van der Waals surface area contributed by atoms with Crippen LogP contribution in [0.4, 0.5) is 24.7 Å². The minimum atomic E-state index is -1.04. The van der Waals surface area contributed by atoms with Gasteiger partial charge in [-0.2, -0.15) is 5.10 Å². The summed E-state index contributed by atoms with van der Waals surface area (Å²) in [4.78, 5) is 22.9. The zero-order chi connectivity index (χ0) is 22.1. The minimum absolute atomic E-state index is 0.00825. The average Bonchev–Trinajstić information content (AvgIpc) is 3.39. The summed E-state index contributed by atoms with van der Waals surface area (Å²) in [5.74, 6) is -1.63. The van der Waals surface area contributed by atoms with E-state index in [1.807, 2.05) is 13.8 Å². The Morgan fingerprint density at radius 3 is 2.74 bits per heavy atom. The molecule has 1 atom stereocenters. The van der Waals surface area contributed by atoms with Crippen LogP contribution in [0.2, 0.25) is 0 Å². The summed E-state index contributed by atoms with van der Waals surface area (Å²) in [6.45, 7) is 4.29. The van der Waals surface area contributed by atoms with Crippen LogP contribution in [0.25, 0.3) is 11.3 Å². The first-order valence-corrected chi connectivity index (χ1v) is 9.88. The van der Waals surface area contributed by atoms with Crippen molar-refractivity contribution in [1.29, 1.82) is 0 Å². The van der Waals surface area contributed by atoms with E-state index < -0.39 is 23.7 Å². The van der Waals surface area contributed by atoms with Crippen LogP contribution in [0, 0.1) is 11.6 Å². The van der Waals surface area contributed by atoms with Crippen LogP contribution < -0.4 is 10.2 Å². The fraction of sp³-hybridized carbons (Fsp3) is 0.333. The van der Waals surface area contributed by atoms with Gasteiger partial charge in [-0.3, -0.25) is 9.48 Å². The molecule has 3 aromatic rings. The zero-order valence-electron chi connectivity index (χ0n) is 17.0. The van der Waals surface area contributed by atoms with Gasteiger partial charge < -0.3 is 10.2 Å². The van der Waals surface area contributed by atoms with E-state index in [0.717, 1.165) is 18.2 Å². The molecule has 2 aromatic heterocycles. The van der Waals surface area contributed by atoms with Crippen molar-refractivity contribution in [3.05, 3.63) is 54.1 Å². The average molecular weight is 430 g/mol. The quantitative estimate of drug-likeness (QED) is 0.662. The van der Waals surface area contributed by atoms with Crippen molar-refractivity contribution in [3.63, 3.8) is 0 Å². The first kappa shape index (κ1) is 20.8. The molecular formula is C21H21F3N6O. The predicted octanol–water partition coefficient (Wildman–Crippen LogP) is 4.00. The van der Waals surface area contributed by atoms with Gasteiger partial charge in [0.05, 0.1) is 18.3 Å². The van der Waals surface area contributed by atoms with Crippen molar-refractivity contribution in [2.45, 2.75) is 32.5 Å². The van der Waals surface area contributed by atoms with Crippen molar-refractivity contribution >= 4 is 17.4 Å². The topological polar surface area (TPSA) is 75.9 Å². The van der Waals surface area contributed by atoms with Crippen LogP contribution in [-0.2, 0) is 0 Å². The van der Waals surface area contributed by atoms with Gasteiger partial charge in [-0.25, -0.2) is 23.1 Å². The van der Waals surface area contributed by atoms with Crippen LogP contribution in [0.5, 0.6) is 0 Å². The number of rotatable bonds is 5. The van der Waals surface area contributed by atoms with Crippen LogP contribution in [-0.4, -0.2) is 44.9 Å². The van der Waals surface area contributed by atoms with Crippen LogP contribution in [0.3, 0.4) is 0 Å². The molecule has 0 saturated carbocycles. The monoisotopic (exact) mass is 430 g/mol. The molecule has 0 aliphatic carbocycles. The fourth-order valence-corrected chi connectivity index (χ4v) is 3.45. The molecule has 0 unspecified atom stereocenters. The minimum Gasteiger partial charge on any atom is -0.352 e. The largest absolute Gasteiger partial charge is 0.352 e. The molecule has 3 heterocycles. The number of nitrogens with one attached hydrogen (secondary N) is 1. The Hall–Kier alpha value is -3.43. The lowest BCUT2D eigenvalue weighted by molar-refractivity contribution is 0.102. The molecule has 10 heteroatoms. The van der Waals surface area contributed by atoms with Gasteiger partial charge in [0.1, 0.15) is 35.5 Å². The highest BCUT2D eigenvalue weighted by atomic mass is 19.1. The van der Waals surface area contributed by atoms with Crippen molar-refractivity contribution in [1.82, 2.24) is 19.7 Å². The highest BCUT2D eigenvalue weighted by Crippen LogP contribution is 2.36. The lowest BCUT2D eigenvalue weighted by atomic mass is 10.1. The maximum absolute atomic E-state index is 14.5. The molecule has 31 heavy (non-hydrogen) atoms. The maximum Gasteiger partial charge on any atom is 0.259 e. The van der Waals surface area contributed by atoms with E-state index in [-0.39, 0.29) is 40.9 Å². The van der Waals surface area contributed by atoms with Gasteiger partial charge in [0, 0.05) is 24.3 Å². The van der Waals surface area contributed by atoms with E-state index >= 15 is 0 Å². The molecule has 0 bridgehead atoms. The SMILES string of the molecule is CC(C)n1cc(C(=O)Nc2c(-c3cc(F)ccc3F)ncnc2N2CC[C@H](F)C2)cn1. The lowest BCUT2D eigenvalue weighted by Crippen LogP contribution is -2.24. The molecule has 1 N–H and O–H groups in total. The molecule has 1 aromatic carbocycles. The predicted molar refractivity (Wildman–Crippen MR) is 110 cm³/mol. The normalized spacial score (nSPS) is 16.2. The number of nitrogens with zero attached hydrogens (tertiary/aromatic N) is 5. The number of carbonyl (C=O) groups is 1. The van der Waals surface area contributed by atoms with Gasteiger partial charge in [-0.15, -0.1) is 0 Å². The number of amides is 1. The molecule has 162 valence electrons. The maximum atomic E-state index is 14.5. The van der Waals surface area contributed by atoms with E-state index in [2.05, 4.69) is 20.4 Å². The Bertz CT molecular complexity index is 1120. The first-order chi connectivity index (χ1) is 14.8. The third kappa shape index (κ3) is 4.23. The van der Waals surface area contributed by atoms with Crippen molar-refractivity contribution < 1.29 is 18.0 Å². The number of benzene rings is 1. The third-order valence-corrected chi connectivity index (χ3v) is 5.07. The smallest absolute Gasteiger partial charge is 0.259 e. The summed E-state index contributed by atoms with van der Waals surface area (Å²) in [5.41, 5.74) is 0.240. The highest BCUT2D eigenvalue weighted by molar-refractivity contribution is 6.07. The molecule has 1 aliphatic heterocycles. The first-order valence-electron chi connectivity index (χ1n) is 9.88. The molecule has 0 radical (unpaired) electrons. The Kier molecular flexibility index (Phi) is 5.62. The van der Waals surface area contributed by atoms with E-state index in [0.29, 0.717) is 13.0 Å². The summed E-state index contributed by atoms with van der Waals surface area (Å²) in [6.07, 6.45) is 3.45. The third-order valence-electron chi connectivity index (χ3n) is 5.07. The van der Waals surface area contributed by atoms with Gasteiger partial charge in [0.2, 0.25) is 0 Å². The van der Waals surface area contributed by atoms with E-state index in [1.165, 1.54) is 12.5 Å². The Labute approximate surface area is 176 Å². The molecule has 0 spiro atoms. The van der Waals surface area contributed by atoms with Crippen LogP contribution in [0.15, 0.2) is 36.9 Å². The second-order valence-corrected chi connectivity index (χ2v) is 7.63. The van der Waals surface area contributed by atoms with Gasteiger partial charge >= 0.3 is 0 Å². The standard InChI is InChI=1S/C21H21F3N6O/c1-12(2)30-9-13(8-27-30)21(31)28-19-18(16-7-14(22)3-4-17(16)24)25-11-26-20(19)29-6-5-15(23)10-29/h3-4,7-9,11-12,15H,5-6,10H2,1-2H3,(H,28,31)/t15-/m0/s1. The Balaban J connectivity index is 1.79. The number of aromatic nitrogens is 4. The fourth-order valence-electron chi connectivity index (χ4n) is 3.45. The van der Waals surface area contributed by atoms with Gasteiger partial charge in [0.15, 0.2) is 5.82 Å². The Morgan fingerprint density at radius 2 is 2.06 bits per heavy atom. The zero-order valence-corrected chi connectivity index (χ0v) is 17.0. The molecule has 1 fully saturated rings. The number of carbonyl (C=O) groups excluding carboxylic acids is 1. The number of hydrogen-bond acceptors (Lipinski definition) is 5. The summed E-state index contributed by atoms with van der Waals surface area (Å²) in [7, 11) is 0. The molecule has 1 aliphatic rings. The summed E-state index contributed by atoms with van der Waals surface area (Å²) in [6, 6.07) is 3.03. The second kappa shape index (κ2) is 8.37. The van der Waals surface area contributed by atoms with E-state index in [9.17, 15) is 18.0 Å². The number of hydrogen-bond donors (Lipinski definition) is 1.